The first-order valence-corrected chi connectivity index (χ1v) is 18.9. The lowest BCUT2D eigenvalue weighted by atomic mass is 10.2. The van der Waals surface area contributed by atoms with Crippen LogP contribution >= 0.6 is 0 Å². The highest BCUT2D eigenvalue weighted by atomic mass is 17.2. The lowest BCUT2D eigenvalue weighted by Crippen LogP contribution is -2.49. The van der Waals surface area contributed by atoms with Crippen molar-refractivity contribution in [2.75, 3.05) is 127 Å². The van der Waals surface area contributed by atoms with Crippen LogP contribution in [-0.4, -0.2) is 171 Å². The van der Waals surface area contributed by atoms with Crippen molar-refractivity contribution in [3.05, 3.63) is 0 Å². The molecule has 17 heteroatoms. The Morgan fingerprint density at radius 1 is 0.491 bits per heavy atom. The van der Waals surface area contributed by atoms with Gasteiger partial charge in [-0.2, -0.15) is 0 Å². The average Bonchev–Trinajstić information content (AvgIpc) is 3.15. The number of quaternary nitrogens is 2. The number of likely N-dealkylation sites (N-methyl/N-ethyl adjacent to an activating group) is 2. The summed E-state index contributed by atoms with van der Waals surface area (Å²) >= 11 is 0. The summed E-state index contributed by atoms with van der Waals surface area (Å²) in [7, 11) is 7.55. The highest BCUT2D eigenvalue weighted by Crippen LogP contribution is 2.05. The smallest absolute Gasteiger partial charge is 0.407 e. The van der Waals surface area contributed by atoms with Crippen LogP contribution in [0.25, 0.3) is 0 Å². The number of Topliss-reactive ketones (excluding diaryl/α,β-unsaturated/α-hetero) is 2. The fraction of sp³-hybridized carbons (Fsp3) is 0.833. The Labute approximate surface area is 316 Å². The van der Waals surface area contributed by atoms with E-state index in [0.717, 1.165) is 49.9 Å². The molecule has 0 aliphatic heterocycles. The number of amides is 3. The summed E-state index contributed by atoms with van der Waals surface area (Å²) in [5, 5.41) is 7.46. The fourth-order valence-corrected chi connectivity index (χ4v) is 4.74. The first-order chi connectivity index (χ1) is 25.3. The molecule has 0 fully saturated rings. The van der Waals surface area contributed by atoms with Crippen LogP contribution in [0.3, 0.4) is 0 Å². The summed E-state index contributed by atoms with van der Waals surface area (Å²) < 4.78 is 22.0. The number of rotatable bonds is 35. The van der Waals surface area contributed by atoms with Gasteiger partial charge < -0.3 is 43.9 Å². The Bertz CT molecular complexity index is 1070. The molecule has 2 unspecified atom stereocenters. The molecule has 0 rings (SSSR count). The van der Waals surface area contributed by atoms with Crippen LogP contribution in [0.1, 0.15) is 71.6 Å². The number of esters is 1. The molecule has 0 radical (unpaired) electrons. The summed E-state index contributed by atoms with van der Waals surface area (Å²) in [6.07, 6.45) is 2.62. The molecule has 0 aliphatic carbocycles. The Kier molecular flexibility index (Phi) is 29.3. The number of nitrogens with zero attached hydrogens (tertiary/aromatic N) is 2. The summed E-state index contributed by atoms with van der Waals surface area (Å²) in [6, 6.07) is 0. The van der Waals surface area contributed by atoms with Gasteiger partial charge in [-0.3, -0.25) is 24.0 Å². The van der Waals surface area contributed by atoms with Crippen molar-refractivity contribution in [3.63, 3.8) is 0 Å². The first-order valence-electron chi connectivity index (χ1n) is 18.9. The van der Waals surface area contributed by atoms with Crippen molar-refractivity contribution in [2.24, 2.45) is 0 Å². The largest absolute Gasteiger partial charge is 0.460 e. The zero-order valence-electron chi connectivity index (χ0n) is 33.3. The molecular formula is C36H69N5O12+2. The summed E-state index contributed by atoms with van der Waals surface area (Å²) in [4.78, 5) is 82.9. The van der Waals surface area contributed by atoms with Gasteiger partial charge in [0.05, 0.1) is 40.4 Å². The maximum Gasteiger partial charge on any atom is 0.407 e. The van der Waals surface area contributed by atoms with E-state index in [4.69, 9.17) is 28.7 Å². The molecule has 0 heterocycles. The number of unbranched alkanes of at least 4 members (excludes halogenated alkanes) is 2. The zero-order valence-corrected chi connectivity index (χ0v) is 33.3. The third kappa shape index (κ3) is 27.1. The third-order valence-corrected chi connectivity index (χ3v) is 9.06. The molecule has 3 N–H and O–H groups in total. The normalized spacial score (nSPS) is 13.3. The van der Waals surface area contributed by atoms with Gasteiger partial charge in [0.15, 0.2) is 0 Å². The number of hydrogen-bond acceptors (Lipinski definition) is 12. The predicted molar refractivity (Wildman–Crippen MR) is 196 cm³/mol. The minimum Gasteiger partial charge on any atom is -0.460 e. The van der Waals surface area contributed by atoms with Crippen molar-refractivity contribution in [3.8, 4) is 0 Å². The zero-order chi connectivity index (χ0) is 39.8. The second kappa shape index (κ2) is 31.2. The molecule has 308 valence electrons. The Morgan fingerprint density at radius 2 is 0.943 bits per heavy atom. The van der Waals surface area contributed by atoms with Crippen LogP contribution in [0.15, 0.2) is 0 Å². The lowest BCUT2D eigenvalue weighted by molar-refractivity contribution is -0.911. The van der Waals surface area contributed by atoms with Gasteiger partial charge in [0.1, 0.15) is 46.0 Å². The second-order valence-corrected chi connectivity index (χ2v) is 13.4. The third-order valence-electron chi connectivity index (χ3n) is 9.06. The van der Waals surface area contributed by atoms with Gasteiger partial charge in [-0.05, 0) is 52.4 Å². The maximum atomic E-state index is 12.2. The van der Waals surface area contributed by atoms with Crippen molar-refractivity contribution in [1.29, 1.82) is 0 Å². The van der Waals surface area contributed by atoms with E-state index in [1.165, 1.54) is 0 Å². The molecule has 0 aliphatic rings. The van der Waals surface area contributed by atoms with Crippen LogP contribution in [0.4, 0.5) is 4.79 Å². The van der Waals surface area contributed by atoms with Crippen molar-refractivity contribution in [2.45, 2.75) is 71.6 Å². The number of methoxy groups -OCH3 is 2. The number of hydrogen-bond donors (Lipinski definition) is 3. The number of carbonyl (C=O) groups is 6. The van der Waals surface area contributed by atoms with Crippen LogP contribution < -0.4 is 16.0 Å². The molecule has 17 nitrogen and oxygen atoms in total. The minimum absolute atomic E-state index is 0.0503. The highest BCUT2D eigenvalue weighted by molar-refractivity contribution is 6.36. The molecular weight excluding hydrogens is 694 g/mol. The van der Waals surface area contributed by atoms with E-state index in [1.807, 2.05) is 0 Å². The molecule has 0 aromatic heterocycles. The first kappa shape index (κ1) is 49.8. The summed E-state index contributed by atoms with van der Waals surface area (Å²) in [5.41, 5.74) is 0. The molecule has 0 saturated heterocycles. The van der Waals surface area contributed by atoms with Gasteiger partial charge in [0.2, 0.25) is 11.6 Å². The van der Waals surface area contributed by atoms with Crippen LogP contribution in [-0.2, 0) is 52.7 Å². The quantitative estimate of drug-likeness (QED) is 0.0210. The topological polar surface area (TPSA) is 194 Å². The van der Waals surface area contributed by atoms with Crippen LogP contribution in [0.5, 0.6) is 0 Å². The van der Waals surface area contributed by atoms with E-state index in [9.17, 15) is 28.8 Å². The molecule has 0 aromatic rings. The molecule has 2 atom stereocenters. The molecule has 53 heavy (non-hydrogen) atoms. The molecule has 0 bridgehead atoms. The minimum atomic E-state index is -0.788. The van der Waals surface area contributed by atoms with Gasteiger partial charge in [0, 0.05) is 59.7 Å². The number of alkyl carbamates (subject to hydrolysis) is 1. The number of ketones is 2. The van der Waals surface area contributed by atoms with Gasteiger partial charge in [-0.25, -0.2) is 14.6 Å². The fourth-order valence-electron chi connectivity index (χ4n) is 4.74. The van der Waals surface area contributed by atoms with Crippen molar-refractivity contribution < 1.29 is 66.5 Å². The lowest BCUT2D eigenvalue weighted by Gasteiger charge is -2.33. The van der Waals surface area contributed by atoms with E-state index in [-0.39, 0.29) is 64.3 Å². The molecule has 3 amide bonds. The van der Waals surface area contributed by atoms with E-state index in [0.29, 0.717) is 57.0 Å². The Morgan fingerprint density at radius 3 is 1.45 bits per heavy atom. The van der Waals surface area contributed by atoms with E-state index in [2.05, 4.69) is 43.9 Å². The average molecular weight is 764 g/mol. The Balaban J connectivity index is 3.98. The second-order valence-electron chi connectivity index (χ2n) is 13.4. The summed E-state index contributed by atoms with van der Waals surface area (Å²) in [5.74, 6) is -3.25. The van der Waals surface area contributed by atoms with Gasteiger partial charge in [0.25, 0.3) is 11.8 Å². The van der Waals surface area contributed by atoms with Crippen LogP contribution in [0.2, 0.25) is 0 Å². The van der Waals surface area contributed by atoms with Gasteiger partial charge in [-0.15, -0.1) is 0 Å². The highest BCUT2D eigenvalue weighted by Gasteiger charge is 2.22. The maximum absolute atomic E-state index is 12.2. The standard InChI is InChI=1S/C36H67N5O12/c1-7-40(3,21-27-49-6)23-29-52-53-30-24-41(4,8-2)22-28-50-33(44)17-14-19-38-35(46)31(42)15-12-18-37-34(45)32(43)16-13-20-39-36(47)51-26-11-9-10-25-48-5/h7-30H2,1-6H3,(H-2,37,38,39,45,46,47)/p+2. The monoisotopic (exact) mass is 763 g/mol. The predicted octanol–water partition coefficient (Wildman–Crippen LogP) is 1.31. The molecule has 0 saturated carbocycles. The molecule has 0 spiro atoms. The van der Waals surface area contributed by atoms with Crippen LogP contribution in [0, 0.1) is 0 Å². The SMILES string of the molecule is CC[N+](C)(CCOC)CCOOCC[N+](C)(CC)CCOC(=O)CCCNC(=O)C(=O)CCCNC(=O)C(=O)CCCNC(=O)OCCCCCOC. The number of nitrogens with one attached hydrogen (secondary N) is 3. The van der Waals surface area contributed by atoms with E-state index >= 15 is 0 Å². The summed E-state index contributed by atoms with van der Waals surface area (Å²) in [6.45, 7) is 12.2. The van der Waals surface area contributed by atoms with E-state index in [1.54, 1.807) is 14.2 Å². The van der Waals surface area contributed by atoms with Crippen molar-refractivity contribution >= 4 is 35.4 Å². The van der Waals surface area contributed by atoms with Gasteiger partial charge in [-0.1, -0.05) is 0 Å². The van der Waals surface area contributed by atoms with Crippen molar-refractivity contribution in [1.82, 2.24) is 16.0 Å². The van der Waals surface area contributed by atoms with Gasteiger partial charge >= 0.3 is 12.1 Å². The van der Waals surface area contributed by atoms with E-state index < -0.39 is 29.5 Å². The Hall–Kier alpha value is -3.22. The number of carbonyl (C=O) groups excluding carboxylic acids is 6. The molecule has 0 aromatic carbocycles. The number of ether oxygens (including phenoxy) is 4.